The molecule has 118 valence electrons. The van der Waals surface area contributed by atoms with Crippen LogP contribution < -0.4 is 15.2 Å². The highest BCUT2D eigenvalue weighted by atomic mass is 32.2. The van der Waals surface area contributed by atoms with E-state index in [9.17, 15) is 8.42 Å². The van der Waals surface area contributed by atoms with E-state index in [2.05, 4.69) is 23.6 Å². The third-order valence-corrected chi connectivity index (χ3v) is 5.56. The molecule has 1 aliphatic heterocycles. The molecule has 1 fully saturated rings. The number of methoxy groups -OCH3 is 1. The quantitative estimate of drug-likeness (QED) is 0.811. The molecule has 2 rings (SSSR count). The van der Waals surface area contributed by atoms with Crippen molar-refractivity contribution in [3.63, 3.8) is 0 Å². The number of hydrogen-bond donors (Lipinski definition) is 2. The zero-order chi connectivity index (χ0) is 15.6. The first-order valence-corrected chi connectivity index (χ1v) is 8.48. The van der Waals surface area contributed by atoms with Crippen molar-refractivity contribution >= 4 is 15.7 Å². The summed E-state index contributed by atoms with van der Waals surface area (Å²) in [6.07, 6.45) is 1.62. The first-order chi connectivity index (χ1) is 9.83. The molecule has 0 bridgehead atoms. The number of sulfonamides is 1. The van der Waals surface area contributed by atoms with E-state index < -0.39 is 10.0 Å². The third-order valence-electron chi connectivity index (χ3n) is 4.05. The normalized spacial score (nSPS) is 24.0. The van der Waals surface area contributed by atoms with Crippen LogP contribution in [0.1, 0.15) is 19.8 Å². The molecule has 0 aliphatic carbocycles. The molecule has 1 heterocycles. The molecule has 2 atom stereocenters. The maximum Gasteiger partial charge on any atom is 0.240 e. The average molecular weight is 313 g/mol. The molecule has 1 aromatic carbocycles. The molecule has 6 nitrogen and oxygen atoms in total. The molecule has 0 aromatic heterocycles. The maximum atomic E-state index is 12.4. The van der Waals surface area contributed by atoms with E-state index in [1.54, 1.807) is 6.07 Å². The number of likely N-dealkylation sites (tertiary alicyclic amines) is 1. The molecule has 1 aliphatic rings. The Morgan fingerprint density at radius 3 is 2.76 bits per heavy atom. The van der Waals surface area contributed by atoms with E-state index >= 15 is 0 Å². The first kappa shape index (κ1) is 16.1. The minimum Gasteiger partial charge on any atom is -0.495 e. The second kappa shape index (κ2) is 6.21. The SMILES string of the molecule is COc1cc(S(=O)(=O)NC2CCN(C)C(C)C2)ccc1N. The monoisotopic (exact) mass is 313 g/mol. The number of anilines is 1. The van der Waals surface area contributed by atoms with E-state index in [0.717, 1.165) is 19.4 Å². The summed E-state index contributed by atoms with van der Waals surface area (Å²) in [4.78, 5) is 2.41. The lowest BCUT2D eigenvalue weighted by Crippen LogP contribution is -2.47. The predicted octanol–water partition coefficient (Wildman–Crippen LogP) is 1.04. The number of nitrogens with one attached hydrogen (secondary N) is 1. The fourth-order valence-corrected chi connectivity index (χ4v) is 3.84. The van der Waals surface area contributed by atoms with Crippen molar-refractivity contribution in [2.75, 3.05) is 26.4 Å². The Balaban J connectivity index is 2.15. The molecule has 0 amide bonds. The van der Waals surface area contributed by atoms with E-state index in [0.29, 0.717) is 17.5 Å². The van der Waals surface area contributed by atoms with E-state index in [4.69, 9.17) is 10.5 Å². The molecule has 3 N–H and O–H groups in total. The number of hydrogen-bond acceptors (Lipinski definition) is 5. The minimum absolute atomic E-state index is 0.0373. The highest BCUT2D eigenvalue weighted by molar-refractivity contribution is 7.89. The molecular weight excluding hydrogens is 290 g/mol. The lowest BCUT2D eigenvalue weighted by molar-refractivity contribution is 0.178. The first-order valence-electron chi connectivity index (χ1n) is 6.99. The van der Waals surface area contributed by atoms with Crippen molar-refractivity contribution in [1.82, 2.24) is 9.62 Å². The van der Waals surface area contributed by atoms with Gasteiger partial charge in [0.15, 0.2) is 0 Å². The van der Waals surface area contributed by atoms with Crippen LogP contribution in [0.3, 0.4) is 0 Å². The number of nitrogen functional groups attached to an aromatic ring is 1. The summed E-state index contributed by atoms with van der Waals surface area (Å²) in [5, 5.41) is 0. The van der Waals surface area contributed by atoms with Crippen LogP contribution in [0.15, 0.2) is 23.1 Å². The molecule has 0 spiro atoms. The number of rotatable bonds is 4. The number of nitrogens with two attached hydrogens (primary N) is 1. The summed E-state index contributed by atoms with van der Waals surface area (Å²) in [6.45, 7) is 2.99. The van der Waals surface area contributed by atoms with E-state index in [1.165, 1.54) is 19.2 Å². The van der Waals surface area contributed by atoms with Crippen molar-refractivity contribution < 1.29 is 13.2 Å². The van der Waals surface area contributed by atoms with Crippen LogP contribution in [-0.2, 0) is 10.0 Å². The van der Waals surface area contributed by atoms with Crippen molar-refractivity contribution in [1.29, 1.82) is 0 Å². The largest absolute Gasteiger partial charge is 0.495 e. The summed E-state index contributed by atoms with van der Waals surface area (Å²) in [7, 11) is -0.0320. The molecule has 0 radical (unpaired) electrons. The van der Waals surface area contributed by atoms with Gasteiger partial charge in [0.25, 0.3) is 0 Å². The van der Waals surface area contributed by atoms with Crippen LogP contribution in [0.2, 0.25) is 0 Å². The highest BCUT2D eigenvalue weighted by Gasteiger charge is 2.27. The van der Waals surface area contributed by atoms with Gasteiger partial charge in [0.05, 0.1) is 17.7 Å². The van der Waals surface area contributed by atoms with Crippen molar-refractivity contribution in [2.24, 2.45) is 0 Å². The maximum absolute atomic E-state index is 12.4. The Bertz CT molecular complexity index is 603. The number of ether oxygens (including phenoxy) is 1. The van der Waals surface area contributed by atoms with Crippen molar-refractivity contribution in [3.8, 4) is 5.75 Å². The summed E-state index contributed by atoms with van der Waals surface area (Å²) in [5.74, 6) is 0.370. The highest BCUT2D eigenvalue weighted by Crippen LogP contribution is 2.25. The zero-order valence-electron chi connectivity index (χ0n) is 12.7. The van der Waals surface area contributed by atoms with Crippen LogP contribution in [0, 0.1) is 0 Å². The number of nitrogens with zero attached hydrogens (tertiary/aromatic N) is 1. The number of piperidine rings is 1. The van der Waals surface area contributed by atoms with Gasteiger partial charge in [0, 0.05) is 18.2 Å². The van der Waals surface area contributed by atoms with Gasteiger partial charge in [-0.25, -0.2) is 13.1 Å². The van der Waals surface area contributed by atoms with Gasteiger partial charge in [-0.15, -0.1) is 0 Å². The fraction of sp³-hybridized carbons (Fsp3) is 0.571. The molecule has 2 unspecified atom stereocenters. The van der Waals surface area contributed by atoms with Crippen LogP contribution in [-0.4, -0.2) is 46.1 Å². The van der Waals surface area contributed by atoms with Crippen molar-refractivity contribution in [2.45, 2.75) is 36.7 Å². The topological polar surface area (TPSA) is 84.7 Å². The number of benzene rings is 1. The van der Waals surface area contributed by atoms with Gasteiger partial charge in [0.1, 0.15) is 5.75 Å². The smallest absolute Gasteiger partial charge is 0.240 e. The Hall–Kier alpha value is -1.31. The van der Waals surface area contributed by atoms with Crippen LogP contribution in [0.4, 0.5) is 5.69 Å². The summed E-state index contributed by atoms with van der Waals surface area (Å²) in [5.41, 5.74) is 6.14. The summed E-state index contributed by atoms with van der Waals surface area (Å²) >= 11 is 0. The zero-order valence-corrected chi connectivity index (χ0v) is 13.5. The van der Waals surface area contributed by atoms with Gasteiger partial charge in [-0.3, -0.25) is 0 Å². The van der Waals surface area contributed by atoms with Gasteiger partial charge in [-0.05, 0) is 45.5 Å². The lowest BCUT2D eigenvalue weighted by Gasteiger charge is -2.35. The van der Waals surface area contributed by atoms with Crippen LogP contribution in [0.5, 0.6) is 5.75 Å². The van der Waals surface area contributed by atoms with E-state index in [-0.39, 0.29) is 10.9 Å². The summed E-state index contributed by atoms with van der Waals surface area (Å²) < 4.78 is 32.8. The molecule has 21 heavy (non-hydrogen) atoms. The van der Waals surface area contributed by atoms with Crippen LogP contribution in [0.25, 0.3) is 0 Å². The Labute approximate surface area is 126 Å². The average Bonchev–Trinajstić information content (AvgIpc) is 2.43. The van der Waals surface area contributed by atoms with Gasteiger partial charge < -0.3 is 15.4 Å². The Morgan fingerprint density at radius 1 is 1.43 bits per heavy atom. The van der Waals surface area contributed by atoms with Crippen molar-refractivity contribution in [3.05, 3.63) is 18.2 Å². The minimum atomic E-state index is -3.55. The molecule has 0 saturated carbocycles. The van der Waals surface area contributed by atoms with Gasteiger partial charge in [-0.1, -0.05) is 0 Å². The fourth-order valence-electron chi connectivity index (χ4n) is 2.54. The Kier molecular flexibility index (Phi) is 4.75. The summed E-state index contributed by atoms with van der Waals surface area (Å²) in [6, 6.07) is 4.83. The van der Waals surface area contributed by atoms with E-state index in [1.807, 2.05) is 0 Å². The second-order valence-corrected chi connectivity index (χ2v) is 7.29. The van der Waals surface area contributed by atoms with Gasteiger partial charge in [-0.2, -0.15) is 0 Å². The second-order valence-electron chi connectivity index (χ2n) is 5.58. The predicted molar refractivity (Wildman–Crippen MR) is 82.8 cm³/mol. The molecule has 7 heteroatoms. The Morgan fingerprint density at radius 2 is 2.14 bits per heavy atom. The molecule has 1 saturated heterocycles. The van der Waals surface area contributed by atoms with Gasteiger partial charge in [0.2, 0.25) is 10.0 Å². The molecular formula is C14H23N3O3S. The molecule has 1 aromatic rings. The van der Waals surface area contributed by atoms with Crippen LogP contribution >= 0.6 is 0 Å². The lowest BCUT2D eigenvalue weighted by atomic mass is 10.0. The standard InChI is InChI=1S/C14H23N3O3S/c1-10-8-11(6-7-17(10)2)16-21(18,19)12-4-5-13(15)14(9-12)20-3/h4-5,9-11,16H,6-8,15H2,1-3H3. The van der Waals surface area contributed by atoms with Gasteiger partial charge >= 0.3 is 0 Å². The third kappa shape index (κ3) is 3.66.